The molecular weight excluding hydrogens is 327 g/mol. The summed E-state index contributed by atoms with van der Waals surface area (Å²) >= 11 is 6.23. The van der Waals surface area contributed by atoms with E-state index in [1.807, 2.05) is 12.1 Å². The fraction of sp³-hybridized carbons (Fsp3) is 0.533. The van der Waals surface area contributed by atoms with Crippen molar-refractivity contribution in [1.82, 2.24) is 10.6 Å². The molecule has 122 valence electrons. The van der Waals surface area contributed by atoms with E-state index in [1.165, 1.54) is 0 Å². The number of carbonyl (C=O) groups is 1. The molecule has 5 nitrogen and oxygen atoms in total. The molecule has 0 aromatic heterocycles. The maximum atomic E-state index is 12.0. The molecule has 22 heavy (non-hydrogen) atoms. The molecule has 2 N–H and O–H groups in total. The van der Waals surface area contributed by atoms with Gasteiger partial charge in [0.25, 0.3) is 0 Å². The van der Waals surface area contributed by atoms with Crippen molar-refractivity contribution < 1.29 is 14.3 Å². The lowest BCUT2D eigenvalue weighted by Crippen LogP contribution is -2.40. The van der Waals surface area contributed by atoms with Crippen molar-refractivity contribution in [2.45, 2.75) is 31.8 Å². The molecule has 0 saturated carbocycles. The van der Waals surface area contributed by atoms with Crippen LogP contribution in [0.2, 0.25) is 5.02 Å². The minimum absolute atomic E-state index is 0. The van der Waals surface area contributed by atoms with Gasteiger partial charge in [0.05, 0.1) is 24.3 Å². The SMILES string of the molecule is Cl.O=C(NCc1cc(Cl)c2c(c1)OCCCO2)C1CCCN1. The van der Waals surface area contributed by atoms with Crippen LogP contribution in [-0.4, -0.2) is 31.7 Å². The molecule has 1 unspecified atom stereocenters. The summed E-state index contributed by atoms with van der Waals surface area (Å²) < 4.78 is 11.2. The van der Waals surface area contributed by atoms with Crippen LogP contribution >= 0.6 is 24.0 Å². The van der Waals surface area contributed by atoms with E-state index in [0.29, 0.717) is 36.3 Å². The highest BCUT2D eigenvalue weighted by atomic mass is 35.5. The Labute approximate surface area is 141 Å². The second kappa shape index (κ2) is 7.90. The van der Waals surface area contributed by atoms with Gasteiger partial charge in [-0.25, -0.2) is 0 Å². The lowest BCUT2D eigenvalue weighted by Gasteiger charge is -2.14. The number of hydrogen-bond acceptors (Lipinski definition) is 4. The monoisotopic (exact) mass is 346 g/mol. The molecule has 0 bridgehead atoms. The van der Waals surface area contributed by atoms with Crippen LogP contribution in [0.5, 0.6) is 11.5 Å². The lowest BCUT2D eigenvalue weighted by atomic mass is 10.1. The molecule has 1 saturated heterocycles. The summed E-state index contributed by atoms with van der Waals surface area (Å²) in [5.74, 6) is 1.29. The van der Waals surface area contributed by atoms with Crippen LogP contribution in [0.4, 0.5) is 0 Å². The average molecular weight is 347 g/mol. The highest BCUT2D eigenvalue weighted by molar-refractivity contribution is 6.32. The fourth-order valence-corrected chi connectivity index (χ4v) is 2.89. The third-order valence-electron chi connectivity index (χ3n) is 3.71. The van der Waals surface area contributed by atoms with Crippen LogP contribution in [-0.2, 0) is 11.3 Å². The summed E-state index contributed by atoms with van der Waals surface area (Å²) in [4.78, 5) is 12.0. The normalized spacial score (nSPS) is 20.0. The van der Waals surface area contributed by atoms with Crippen molar-refractivity contribution in [1.29, 1.82) is 0 Å². The molecule has 0 spiro atoms. The number of ether oxygens (including phenoxy) is 2. The van der Waals surface area contributed by atoms with Gasteiger partial charge in [-0.1, -0.05) is 11.6 Å². The van der Waals surface area contributed by atoms with E-state index in [0.717, 1.165) is 31.4 Å². The van der Waals surface area contributed by atoms with Gasteiger partial charge in [0, 0.05) is 13.0 Å². The van der Waals surface area contributed by atoms with Crippen LogP contribution < -0.4 is 20.1 Å². The maximum absolute atomic E-state index is 12.0. The van der Waals surface area contributed by atoms with E-state index in [-0.39, 0.29) is 24.4 Å². The topological polar surface area (TPSA) is 59.6 Å². The first-order valence-electron chi connectivity index (χ1n) is 7.33. The zero-order valence-corrected chi connectivity index (χ0v) is 13.8. The van der Waals surface area contributed by atoms with Gasteiger partial charge >= 0.3 is 0 Å². The molecule has 1 atom stereocenters. The first kappa shape index (κ1) is 17.2. The predicted octanol–water partition coefficient (Wildman–Crippen LogP) is 2.29. The van der Waals surface area contributed by atoms with Crippen LogP contribution in [0.25, 0.3) is 0 Å². The number of rotatable bonds is 3. The van der Waals surface area contributed by atoms with E-state index in [9.17, 15) is 4.79 Å². The Morgan fingerprint density at radius 3 is 2.91 bits per heavy atom. The van der Waals surface area contributed by atoms with Crippen molar-refractivity contribution in [3.05, 3.63) is 22.7 Å². The Bertz CT molecular complexity index is 534. The summed E-state index contributed by atoms with van der Waals surface area (Å²) in [7, 11) is 0. The molecule has 2 aliphatic rings. The fourth-order valence-electron chi connectivity index (χ4n) is 2.61. The van der Waals surface area contributed by atoms with E-state index < -0.39 is 0 Å². The third kappa shape index (κ3) is 3.97. The number of amides is 1. The molecule has 1 aromatic carbocycles. The molecule has 0 radical (unpaired) electrons. The van der Waals surface area contributed by atoms with Gasteiger partial charge in [-0.2, -0.15) is 0 Å². The van der Waals surface area contributed by atoms with Crippen molar-refractivity contribution >= 4 is 29.9 Å². The van der Waals surface area contributed by atoms with Gasteiger partial charge < -0.3 is 20.1 Å². The van der Waals surface area contributed by atoms with Gasteiger partial charge in [-0.15, -0.1) is 12.4 Å². The Morgan fingerprint density at radius 1 is 1.32 bits per heavy atom. The van der Waals surface area contributed by atoms with Crippen LogP contribution in [0.3, 0.4) is 0 Å². The average Bonchev–Trinajstić information content (AvgIpc) is 2.91. The van der Waals surface area contributed by atoms with Gasteiger partial charge in [0.2, 0.25) is 5.91 Å². The minimum Gasteiger partial charge on any atom is -0.489 e. The lowest BCUT2D eigenvalue weighted by molar-refractivity contribution is -0.122. The van der Waals surface area contributed by atoms with Crippen LogP contribution in [0, 0.1) is 0 Å². The predicted molar refractivity (Wildman–Crippen MR) is 87.2 cm³/mol. The molecular formula is C15H20Cl2N2O3. The molecule has 3 rings (SSSR count). The second-order valence-electron chi connectivity index (χ2n) is 5.32. The Balaban J connectivity index is 0.00000176. The van der Waals surface area contributed by atoms with E-state index in [2.05, 4.69) is 10.6 Å². The summed E-state index contributed by atoms with van der Waals surface area (Å²) in [6.45, 7) is 2.57. The standard InChI is InChI=1S/C15H19ClN2O3.ClH/c16-11-7-10(8-13-14(11)21-6-2-5-20-13)9-18-15(19)12-3-1-4-17-12;/h7-8,12,17H,1-6,9H2,(H,18,19);1H. The number of halogens is 2. The van der Waals surface area contributed by atoms with Crippen molar-refractivity contribution in [2.75, 3.05) is 19.8 Å². The molecule has 1 fully saturated rings. The van der Waals surface area contributed by atoms with E-state index in [4.69, 9.17) is 21.1 Å². The zero-order chi connectivity index (χ0) is 14.7. The highest BCUT2D eigenvalue weighted by Crippen LogP contribution is 2.37. The summed E-state index contributed by atoms with van der Waals surface area (Å²) in [6, 6.07) is 3.63. The third-order valence-corrected chi connectivity index (χ3v) is 3.99. The van der Waals surface area contributed by atoms with Crippen molar-refractivity contribution in [3.8, 4) is 11.5 Å². The largest absolute Gasteiger partial charge is 0.489 e. The number of nitrogens with one attached hydrogen (secondary N) is 2. The van der Waals surface area contributed by atoms with E-state index >= 15 is 0 Å². The molecule has 0 aliphatic carbocycles. The maximum Gasteiger partial charge on any atom is 0.237 e. The van der Waals surface area contributed by atoms with Crippen LogP contribution in [0.1, 0.15) is 24.8 Å². The molecule has 1 aromatic rings. The van der Waals surface area contributed by atoms with E-state index in [1.54, 1.807) is 0 Å². The number of hydrogen-bond donors (Lipinski definition) is 2. The summed E-state index contributed by atoms with van der Waals surface area (Å²) in [6.07, 6.45) is 2.78. The first-order chi connectivity index (χ1) is 10.2. The van der Waals surface area contributed by atoms with Gasteiger partial charge in [-0.3, -0.25) is 4.79 Å². The smallest absolute Gasteiger partial charge is 0.237 e. The first-order valence-corrected chi connectivity index (χ1v) is 7.71. The quantitative estimate of drug-likeness (QED) is 0.881. The molecule has 1 amide bonds. The van der Waals surface area contributed by atoms with Crippen molar-refractivity contribution in [2.24, 2.45) is 0 Å². The molecule has 2 heterocycles. The molecule has 2 aliphatic heterocycles. The van der Waals surface area contributed by atoms with Gasteiger partial charge in [0.15, 0.2) is 11.5 Å². The second-order valence-corrected chi connectivity index (χ2v) is 5.73. The highest BCUT2D eigenvalue weighted by Gasteiger charge is 2.22. The van der Waals surface area contributed by atoms with Crippen molar-refractivity contribution in [3.63, 3.8) is 0 Å². The van der Waals surface area contributed by atoms with Crippen LogP contribution in [0.15, 0.2) is 12.1 Å². The summed E-state index contributed by atoms with van der Waals surface area (Å²) in [5.41, 5.74) is 0.913. The number of fused-ring (bicyclic) bond motifs is 1. The number of benzene rings is 1. The minimum atomic E-state index is -0.0686. The summed E-state index contributed by atoms with van der Waals surface area (Å²) in [5, 5.41) is 6.64. The van der Waals surface area contributed by atoms with Gasteiger partial charge in [-0.05, 0) is 37.1 Å². The number of carbonyl (C=O) groups excluding carboxylic acids is 1. The Morgan fingerprint density at radius 2 is 2.14 bits per heavy atom. The Hall–Kier alpha value is -1.17. The zero-order valence-electron chi connectivity index (χ0n) is 12.2. The Kier molecular flexibility index (Phi) is 6.17. The molecule has 7 heteroatoms. The van der Waals surface area contributed by atoms with Gasteiger partial charge in [0.1, 0.15) is 0 Å².